The molecule has 1 aliphatic rings. The van der Waals surface area contributed by atoms with E-state index in [1.165, 1.54) is 13.0 Å². The lowest BCUT2D eigenvalue weighted by Crippen LogP contribution is -2.51. The number of nitro benzene ring substituents is 1. The molecule has 1 aromatic rings. The predicted octanol–water partition coefficient (Wildman–Crippen LogP) is 2.28. The standard InChI is InChI=1S/C17H25N3O5S/c1-11-9-15(20(22)23)10-16(13(11)3)26(24,25)18-14(4)17(21)19-8-6-5-7-12(19)2/h9-10,12,14,18H,5-8H2,1-4H3. The molecule has 2 atom stereocenters. The molecule has 1 aliphatic heterocycles. The van der Waals surface area contributed by atoms with Gasteiger partial charge in [0.25, 0.3) is 5.69 Å². The molecule has 9 heteroatoms. The Morgan fingerprint density at radius 2 is 2.00 bits per heavy atom. The Bertz CT molecular complexity index is 822. The Hall–Kier alpha value is -2.00. The average molecular weight is 383 g/mol. The third kappa shape index (κ3) is 4.21. The number of carbonyl (C=O) groups excluding carboxylic acids is 1. The zero-order valence-corrected chi connectivity index (χ0v) is 16.3. The highest BCUT2D eigenvalue weighted by Gasteiger charge is 2.31. The van der Waals surface area contributed by atoms with Crippen LogP contribution < -0.4 is 4.72 Å². The van der Waals surface area contributed by atoms with Crippen molar-refractivity contribution in [3.8, 4) is 0 Å². The van der Waals surface area contributed by atoms with Crippen LogP contribution in [0, 0.1) is 24.0 Å². The highest BCUT2D eigenvalue weighted by molar-refractivity contribution is 7.89. The molecule has 2 unspecified atom stereocenters. The van der Waals surface area contributed by atoms with E-state index < -0.39 is 21.0 Å². The van der Waals surface area contributed by atoms with Crippen LogP contribution in [0.25, 0.3) is 0 Å². The lowest BCUT2D eigenvalue weighted by molar-refractivity contribution is -0.385. The van der Waals surface area contributed by atoms with Gasteiger partial charge >= 0.3 is 0 Å². The Morgan fingerprint density at radius 3 is 2.58 bits per heavy atom. The van der Waals surface area contributed by atoms with Gasteiger partial charge in [0.15, 0.2) is 0 Å². The van der Waals surface area contributed by atoms with Crippen LogP contribution in [0.1, 0.15) is 44.2 Å². The fourth-order valence-electron chi connectivity index (χ4n) is 3.21. The molecule has 144 valence electrons. The topological polar surface area (TPSA) is 110 Å². The Labute approximate surface area is 153 Å². The van der Waals surface area contributed by atoms with Gasteiger partial charge in [0.1, 0.15) is 0 Å². The zero-order chi connectivity index (χ0) is 19.6. The van der Waals surface area contributed by atoms with Crippen molar-refractivity contribution in [1.82, 2.24) is 9.62 Å². The number of rotatable bonds is 5. The number of non-ortho nitro benzene ring substituents is 1. The van der Waals surface area contributed by atoms with Crippen molar-refractivity contribution in [2.75, 3.05) is 6.54 Å². The smallest absolute Gasteiger partial charge is 0.271 e. The van der Waals surface area contributed by atoms with Crippen LogP contribution in [0.5, 0.6) is 0 Å². The lowest BCUT2D eigenvalue weighted by atomic mass is 10.0. The van der Waals surface area contributed by atoms with E-state index >= 15 is 0 Å². The third-order valence-electron chi connectivity index (χ3n) is 4.89. The summed E-state index contributed by atoms with van der Waals surface area (Å²) in [7, 11) is -4.07. The maximum absolute atomic E-state index is 12.8. The van der Waals surface area contributed by atoms with E-state index in [1.54, 1.807) is 18.7 Å². The molecule has 0 aromatic heterocycles. The minimum Gasteiger partial charge on any atom is -0.339 e. The first-order valence-electron chi connectivity index (χ1n) is 8.63. The molecular weight excluding hydrogens is 358 g/mol. The molecule has 1 fully saturated rings. The quantitative estimate of drug-likeness (QED) is 0.619. The zero-order valence-electron chi connectivity index (χ0n) is 15.5. The maximum atomic E-state index is 12.8. The summed E-state index contributed by atoms with van der Waals surface area (Å²) in [5, 5.41) is 11.0. The second-order valence-electron chi connectivity index (χ2n) is 6.86. The summed E-state index contributed by atoms with van der Waals surface area (Å²) in [5.41, 5.74) is 0.634. The van der Waals surface area contributed by atoms with Crippen molar-refractivity contribution in [3.63, 3.8) is 0 Å². The number of benzene rings is 1. The van der Waals surface area contributed by atoms with Crippen molar-refractivity contribution in [1.29, 1.82) is 0 Å². The minimum absolute atomic E-state index is 0.0741. The molecule has 1 amide bonds. The SMILES string of the molecule is Cc1cc([N+](=O)[O-])cc(S(=O)(=O)NC(C)C(=O)N2CCCCC2C)c1C. The van der Waals surface area contributed by atoms with E-state index in [0.29, 0.717) is 17.7 Å². The van der Waals surface area contributed by atoms with Crippen molar-refractivity contribution in [2.24, 2.45) is 0 Å². The highest BCUT2D eigenvalue weighted by atomic mass is 32.2. The molecule has 1 saturated heterocycles. The molecular formula is C17H25N3O5S. The summed E-state index contributed by atoms with van der Waals surface area (Å²) in [6, 6.07) is 1.49. The van der Waals surface area contributed by atoms with Gasteiger partial charge in [-0.05, 0) is 58.1 Å². The molecule has 0 aliphatic carbocycles. The molecule has 26 heavy (non-hydrogen) atoms. The van der Waals surface area contributed by atoms with Gasteiger partial charge in [-0.15, -0.1) is 0 Å². The van der Waals surface area contributed by atoms with Gasteiger partial charge < -0.3 is 4.90 Å². The van der Waals surface area contributed by atoms with Crippen LogP contribution in [0.3, 0.4) is 0 Å². The minimum atomic E-state index is -4.07. The lowest BCUT2D eigenvalue weighted by Gasteiger charge is -2.35. The number of nitro groups is 1. The van der Waals surface area contributed by atoms with Gasteiger partial charge in [0.05, 0.1) is 15.9 Å². The van der Waals surface area contributed by atoms with Gasteiger partial charge in [0, 0.05) is 24.7 Å². The number of nitrogens with one attached hydrogen (secondary N) is 1. The van der Waals surface area contributed by atoms with E-state index in [2.05, 4.69) is 4.72 Å². The fraction of sp³-hybridized carbons (Fsp3) is 0.588. The van der Waals surface area contributed by atoms with Crippen molar-refractivity contribution >= 4 is 21.6 Å². The molecule has 0 saturated carbocycles. The largest absolute Gasteiger partial charge is 0.339 e. The molecule has 8 nitrogen and oxygen atoms in total. The monoisotopic (exact) mass is 383 g/mol. The van der Waals surface area contributed by atoms with E-state index in [0.717, 1.165) is 25.3 Å². The van der Waals surface area contributed by atoms with Gasteiger partial charge in [-0.1, -0.05) is 0 Å². The average Bonchev–Trinajstić information content (AvgIpc) is 2.56. The summed E-state index contributed by atoms with van der Waals surface area (Å²) in [6.45, 7) is 7.27. The first kappa shape index (κ1) is 20.3. The normalized spacial score (nSPS) is 19.2. The number of carbonyl (C=O) groups is 1. The van der Waals surface area contributed by atoms with E-state index in [-0.39, 0.29) is 22.5 Å². The van der Waals surface area contributed by atoms with Crippen LogP contribution >= 0.6 is 0 Å². The summed E-state index contributed by atoms with van der Waals surface area (Å²) < 4.78 is 27.9. The summed E-state index contributed by atoms with van der Waals surface area (Å²) in [6.07, 6.45) is 2.85. The predicted molar refractivity (Wildman–Crippen MR) is 97.4 cm³/mol. The van der Waals surface area contributed by atoms with Crippen LogP contribution in [0.15, 0.2) is 17.0 Å². The van der Waals surface area contributed by atoms with Crippen LogP contribution in [-0.4, -0.2) is 42.8 Å². The molecule has 2 rings (SSSR count). The number of likely N-dealkylation sites (tertiary alicyclic amines) is 1. The first-order valence-corrected chi connectivity index (χ1v) is 10.1. The number of amides is 1. The Morgan fingerprint density at radius 1 is 1.35 bits per heavy atom. The molecule has 0 bridgehead atoms. The molecule has 1 heterocycles. The molecule has 1 aromatic carbocycles. The van der Waals surface area contributed by atoms with Gasteiger partial charge in [-0.25, -0.2) is 8.42 Å². The van der Waals surface area contributed by atoms with Crippen LogP contribution in [-0.2, 0) is 14.8 Å². The molecule has 0 radical (unpaired) electrons. The van der Waals surface area contributed by atoms with E-state index in [4.69, 9.17) is 0 Å². The Kier molecular flexibility index (Phi) is 6.02. The number of piperidine rings is 1. The van der Waals surface area contributed by atoms with Gasteiger partial charge in [-0.3, -0.25) is 14.9 Å². The number of sulfonamides is 1. The Balaban J connectivity index is 2.28. The van der Waals surface area contributed by atoms with Crippen molar-refractivity contribution in [2.45, 2.75) is 63.9 Å². The third-order valence-corrected chi connectivity index (χ3v) is 6.56. The maximum Gasteiger partial charge on any atom is 0.271 e. The van der Waals surface area contributed by atoms with Gasteiger partial charge in [0.2, 0.25) is 15.9 Å². The van der Waals surface area contributed by atoms with Crippen LogP contribution in [0.4, 0.5) is 5.69 Å². The summed E-state index contributed by atoms with van der Waals surface area (Å²) in [5.74, 6) is -0.277. The van der Waals surface area contributed by atoms with Crippen molar-refractivity contribution < 1.29 is 18.1 Å². The molecule has 0 spiro atoms. The second-order valence-corrected chi connectivity index (χ2v) is 8.54. The van der Waals surface area contributed by atoms with Gasteiger partial charge in [-0.2, -0.15) is 4.72 Å². The van der Waals surface area contributed by atoms with Crippen molar-refractivity contribution in [3.05, 3.63) is 33.4 Å². The second kappa shape index (κ2) is 7.71. The summed E-state index contributed by atoms with van der Waals surface area (Å²) in [4.78, 5) is 24.6. The highest BCUT2D eigenvalue weighted by Crippen LogP contribution is 2.26. The number of aryl methyl sites for hydroxylation is 1. The number of nitrogens with zero attached hydrogens (tertiary/aromatic N) is 2. The first-order chi connectivity index (χ1) is 12.0. The number of hydrogen-bond donors (Lipinski definition) is 1. The number of hydrogen-bond acceptors (Lipinski definition) is 5. The fourth-order valence-corrected chi connectivity index (χ4v) is 4.75. The van der Waals surface area contributed by atoms with E-state index in [1.807, 2.05) is 6.92 Å². The van der Waals surface area contributed by atoms with Crippen LogP contribution in [0.2, 0.25) is 0 Å². The molecule has 1 N–H and O–H groups in total. The van der Waals surface area contributed by atoms with E-state index in [9.17, 15) is 23.3 Å². The summed E-state index contributed by atoms with van der Waals surface area (Å²) >= 11 is 0.